The largest absolute Gasteiger partial charge is 0.342 e. The highest BCUT2D eigenvalue weighted by Crippen LogP contribution is 2.65. The minimum atomic E-state index is 0.169. The first-order valence-electron chi connectivity index (χ1n) is 11.5. The van der Waals surface area contributed by atoms with E-state index >= 15 is 0 Å². The van der Waals surface area contributed by atoms with Crippen molar-refractivity contribution >= 4 is 6.41 Å². The van der Waals surface area contributed by atoms with Gasteiger partial charge in [-0.15, -0.1) is 0 Å². The second-order valence-corrected chi connectivity index (χ2v) is 10.9. The molecule has 0 bridgehead atoms. The highest BCUT2D eigenvalue weighted by atomic mass is 16.1. The molecule has 4 rings (SSSR count). The van der Waals surface area contributed by atoms with Gasteiger partial charge < -0.3 is 9.80 Å². The highest BCUT2D eigenvalue weighted by molar-refractivity contribution is 5.52. The van der Waals surface area contributed by atoms with E-state index in [1.807, 2.05) is 11.9 Å². The van der Waals surface area contributed by atoms with Crippen LogP contribution in [0.25, 0.3) is 0 Å². The number of nitrogens with zero attached hydrogens (tertiary/aromatic N) is 2. The summed E-state index contributed by atoms with van der Waals surface area (Å²) >= 11 is 0. The lowest BCUT2D eigenvalue weighted by atomic mass is 9.45. The van der Waals surface area contributed by atoms with Crippen LogP contribution in [0.15, 0.2) is 23.3 Å². The number of amides is 1. The van der Waals surface area contributed by atoms with Crippen molar-refractivity contribution in [2.45, 2.75) is 77.8 Å². The normalized spacial score (nSPS) is 43.4. The van der Waals surface area contributed by atoms with Crippen molar-refractivity contribution in [3.8, 4) is 0 Å². The Morgan fingerprint density at radius 2 is 1.82 bits per heavy atom. The Hall–Kier alpha value is -1.09. The Bertz CT molecular complexity index is 695. The molecule has 0 spiro atoms. The summed E-state index contributed by atoms with van der Waals surface area (Å²) in [5, 5.41) is 0. The van der Waals surface area contributed by atoms with Crippen LogP contribution in [0.1, 0.15) is 65.7 Å². The van der Waals surface area contributed by atoms with Crippen LogP contribution >= 0.6 is 0 Å². The molecule has 0 unspecified atom stereocenters. The third-order valence-electron chi connectivity index (χ3n) is 9.69. The van der Waals surface area contributed by atoms with Crippen LogP contribution in [0.5, 0.6) is 0 Å². The van der Waals surface area contributed by atoms with E-state index in [2.05, 4.69) is 51.9 Å². The Labute approximate surface area is 172 Å². The van der Waals surface area contributed by atoms with Gasteiger partial charge in [0.05, 0.1) is 6.04 Å². The van der Waals surface area contributed by atoms with Crippen LogP contribution in [0.2, 0.25) is 0 Å². The molecule has 4 aliphatic carbocycles. The summed E-state index contributed by atoms with van der Waals surface area (Å²) in [5.74, 6) is 2.49. The second kappa shape index (κ2) is 7.00. The fourth-order valence-electron chi connectivity index (χ4n) is 7.64. The lowest BCUT2D eigenvalue weighted by Crippen LogP contribution is -2.53. The standard InChI is InChI=1S/C25H40N2O/c1-17(27(6)16-28)21-9-10-22-20-8-7-18-15-19(26(4)5)11-13-24(18,2)23(20)12-14-25(21,22)3/h9-10,16-20,23H,7-8,11-15H2,1-6H3/t17-,18-,19+,20+,23-,24-,25+/m0/s1. The van der Waals surface area contributed by atoms with E-state index < -0.39 is 0 Å². The van der Waals surface area contributed by atoms with Gasteiger partial charge in [0.15, 0.2) is 0 Å². The molecule has 0 aliphatic heterocycles. The minimum Gasteiger partial charge on any atom is -0.342 e. The number of allylic oxidation sites excluding steroid dienone is 3. The van der Waals surface area contributed by atoms with Gasteiger partial charge >= 0.3 is 0 Å². The predicted octanol–water partition coefficient (Wildman–Crippen LogP) is 4.89. The van der Waals surface area contributed by atoms with Crippen molar-refractivity contribution < 1.29 is 4.79 Å². The van der Waals surface area contributed by atoms with Crippen molar-refractivity contribution in [3.63, 3.8) is 0 Å². The molecule has 28 heavy (non-hydrogen) atoms. The number of rotatable bonds is 4. The fourth-order valence-corrected chi connectivity index (χ4v) is 7.64. The first-order valence-corrected chi connectivity index (χ1v) is 11.5. The zero-order valence-electron chi connectivity index (χ0n) is 18.9. The first kappa shape index (κ1) is 20.2. The summed E-state index contributed by atoms with van der Waals surface area (Å²) in [5.41, 5.74) is 3.84. The predicted molar refractivity (Wildman–Crippen MR) is 116 cm³/mol. The molecule has 0 aromatic carbocycles. The van der Waals surface area contributed by atoms with Gasteiger partial charge in [0.1, 0.15) is 0 Å². The van der Waals surface area contributed by atoms with Gasteiger partial charge in [-0.1, -0.05) is 31.6 Å². The van der Waals surface area contributed by atoms with Crippen molar-refractivity contribution in [2.24, 2.45) is 28.6 Å². The fraction of sp³-hybridized carbons (Fsp3) is 0.800. The molecule has 3 heteroatoms. The number of likely N-dealkylation sites (N-methyl/N-ethyl adjacent to an activating group) is 1. The lowest BCUT2D eigenvalue weighted by molar-refractivity contribution is -0.118. The van der Waals surface area contributed by atoms with E-state index in [0.717, 1.165) is 30.2 Å². The van der Waals surface area contributed by atoms with E-state index in [1.54, 1.807) is 5.57 Å². The number of carbonyl (C=O) groups excluding carboxylic acids is 1. The zero-order valence-corrected chi connectivity index (χ0v) is 18.9. The maximum Gasteiger partial charge on any atom is 0.209 e. The van der Waals surface area contributed by atoms with Crippen LogP contribution in [0, 0.1) is 28.6 Å². The first-order chi connectivity index (χ1) is 13.2. The van der Waals surface area contributed by atoms with Crippen LogP contribution in [0.3, 0.4) is 0 Å². The minimum absolute atomic E-state index is 0.169. The molecule has 3 nitrogen and oxygen atoms in total. The van der Waals surface area contributed by atoms with E-state index in [9.17, 15) is 4.79 Å². The number of carbonyl (C=O) groups is 1. The topological polar surface area (TPSA) is 23.6 Å². The van der Waals surface area contributed by atoms with Crippen LogP contribution in [-0.4, -0.2) is 49.4 Å². The summed E-state index contributed by atoms with van der Waals surface area (Å²) < 4.78 is 0. The van der Waals surface area contributed by atoms with Crippen molar-refractivity contribution in [1.82, 2.24) is 9.80 Å². The number of fused-ring (bicyclic) bond motifs is 5. The lowest BCUT2D eigenvalue weighted by Gasteiger charge is -2.60. The van der Waals surface area contributed by atoms with Crippen LogP contribution < -0.4 is 0 Å². The summed E-state index contributed by atoms with van der Waals surface area (Å²) in [4.78, 5) is 15.6. The van der Waals surface area contributed by atoms with Gasteiger partial charge in [0.2, 0.25) is 6.41 Å². The molecule has 0 N–H and O–H groups in total. The average molecular weight is 385 g/mol. The SMILES string of the molecule is C[C@@H](C1=CC=C2[C@H]3CC[C@H]4C[C@H](N(C)C)CC[C@]4(C)[C@H]3CC[C@@]21C)N(C)C=O. The quantitative estimate of drug-likeness (QED) is 0.644. The zero-order chi connectivity index (χ0) is 20.3. The summed E-state index contributed by atoms with van der Waals surface area (Å²) in [6.45, 7) is 7.28. The molecular formula is C25H40N2O. The maximum atomic E-state index is 11.3. The summed E-state index contributed by atoms with van der Waals surface area (Å²) in [7, 11) is 6.44. The second-order valence-electron chi connectivity index (χ2n) is 10.9. The van der Waals surface area contributed by atoms with Crippen LogP contribution in [0.4, 0.5) is 0 Å². The van der Waals surface area contributed by atoms with Gasteiger partial charge in [-0.05, 0) is 94.7 Å². The van der Waals surface area contributed by atoms with Crippen LogP contribution in [-0.2, 0) is 4.79 Å². The molecule has 0 saturated heterocycles. The van der Waals surface area contributed by atoms with E-state index in [1.165, 1.54) is 50.5 Å². The van der Waals surface area contributed by atoms with Crippen molar-refractivity contribution in [3.05, 3.63) is 23.3 Å². The third-order valence-corrected chi connectivity index (χ3v) is 9.69. The molecule has 3 saturated carbocycles. The molecule has 0 radical (unpaired) electrons. The molecule has 1 amide bonds. The monoisotopic (exact) mass is 384 g/mol. The Kier molecular flexibility index (Phi) is 5.05. The van der Waals surface area contributed by atoms with Gasteiger partial charge in [-0.3, -0.25) is 4.79 Å². The average Bonchev–Trinajstić information content (AvgIpc) is 3.03. The highest BCUT2D eigenvalue weighted by Gasteiger charge is 2.56. The molecular weight excluding hydrogens is 344 g/mol. The number of hydrogen-bond donors (Lipinski definition) is 0. The van der Waals surface area contributed by atoms with E-state index in [0.29, 0.717) is 5.41 Å². The van der Waals surface area contributed by atoms with Crippen molar-refractivity contribution in [1.29, 1.82) is 0 Å². The Morgan fingerprint density at radius 3 is 2.50 bits per heavy atom. The smallest absolute Gasteiger partial charge is 0.209 e. The summed E-state index contributed by atoms with van der Waals surface area (Å²) in [6.07, 6.45) is 15.3. The Morgan fingerprint density at radius 1 is 1.07 bits per heavy atom. The summed E-state index contributed by atoms with van der Waals surface area (Å²) in [6, 6.07) is 0.970. The molecule has 156 valence electrons. The molecule has 0 heterocycles. The Balaban J connectivity index is 1.56. The molecule has 0 aromatic rings. The molecule has 7 atom stereocenters. The maximum absolute atomic E-state index is 11.3. The third kappa shape index (κ3) is 2.83. The van der Waals surface area contributed by atoms with Gasteiger partial charge in [0.25, 0.3) is 0 Å². The molecule has 4 aliphatic rings. The molecule has 3 fully saturated rings. The number of hydrogen-bond acceptors (Lipinski definition) is 2. The molecule has 0 aromatic heterocycles. The van der Waals surface area contributed by atoms with Gasteiger partial charge in [0, 0.05) is 18.5 Å². The van der Waals surface area contributed by atoms with Gasteiger partial charge in [-0.2, -0.15) is 0 Å². The van der Waals surface area contributed by atoms with Gasteiger partial charge in [-0.25, -0.2) is 0 Å². The van der Waals surface area contributed by atoms with Crippen molar-refractivity contribution in [2.75, 3.05) is 21.1 Å². The van der Waals surface area contributed by atoms with E-state index in [4.69, 9.17) is 0 Å². The van der Waals surface area contributed by atoms with E-state index in [-0.39, 0.29) is 11.5 Å².